The predicted octanol–water partition coefficient (Wildman–Crippen LogP) is 4.91. The highest BCUT2D eigenvalue weighted by atomic mass is 16.5. The first kappa shape index (κ1) is 19.1. The molecule has 4 aromatic rings. The Balaban J connectivity index is 1.26. The summed E-state index contributed by atoms with van der Waals surface area (Å²) >= 11 is 0. The maximum absolute atomic E-state index is 12.5. The van der Waals surface area contributed by atoms with Gasteiger partial charge >= 0.3 is 0 Å². The summed E-state index contributed by atoms with van der Waals surface area (Å²) in [6.07, 6.45) is 2.72. The molecule has 1 aliphatic rings. The van der Waals surface area contributed by atoms with Gasteiger partial charge in [-0.25, -0.2) is 0 Å². The Morgan fingerprint density at radius 2 is 1.42 bits per heavy atom. The van der Waals surface area contributed by atoms with Gasteiger partial charge in [0, 0.05) is 24.7 Å². The number of benzene rings is 3. The number of hydrogen-bond donors (Lipinski definition) is 0. The Bertz CT molecular complexity index is 1230. The number of hydrogen-bond acceptors (Lipinski definition) is 3. The minimum atomic E-state index is -0.199. The number of aromatic nitrogens is 1. The van der Waals surface area contributed by atoms with Crippen molar-refractivity contribution < 1.29 is 14.3 Å². The molecular weight excluding hydrogens is 388 g/mol. The Morgan fingerprint density at radius 3 is 2.16 bits per heavy atom. The number of amides is 2. The number of nitrogens with zero attached hydrogens (tertiary/aromatic N) is 2. The highest BCUT2D eigenvalue weighted by Crippen LogP contribution is 2.28. The molecule has 0 aliphatic carbocycles. The zero-order valence-corrected chi connectivity index (χ0v) is 17.0. The minimum absolute atomic E-state index is 0.199. The van der Waals surface area contributed by atoms with E-state index in [0.717, 1.165) is 22.2 Å². The van der Waals surface area contributed by atoms with Crippen LogP contribution in [0.15, 0.2) is 85.1 Å². The van der Waals surface area contributed by atoms with Crippen molar-refractivity contribution in [3.8, 4) is 5.75 Å². The number of carbonyl (C=O) groups excluding carboxylic acids is 2. The van der Waals surface area contributed by atoms with Gasteiger partial charge in [0.2, 0.25) is 0 Å². The van der Waals surface area contributed by atoms with Gasteiger partial charge < -0.3 is 9.30 Å². The van der Waals surface area contributed by atoms with E-state index in [2.05, 4.69) is 16.7 Å². The lowest BCUT2D eigenvalue weighted by atomic mass is 10.1. The van der Waals surface area contributed by atoms with Gasteiger partial charge in [0.1, 0.15) is 12.4 Å². The first-order chi connectivity index (χ1) is 15.2. The van der Waals surface area contributed by atoms with Crippen LogP contribution in [0.3, 0.4) is 0 Å². The molecule has 3 aromatic carbocycles. The molecule has 0 bridgehead atoms. The zero-order valence-electron chi connectivity index (χ0n) is 17.0. The normalized spacial score (nSPS) is 13.1. The van der Waals surface area contributed by atoms with Crippen molar-refractivity contribution in [2.75, 3.05) is 6.54 Å². The van der Waals surface area contributed by atoms with Gasteiger partial charge in [-0.3, -0.25) is 14.5 Å². The van der Waals surface area contributed by atoms with E-state index >= 15 is 0 Å². The van der Waals surface area contributed by atoms with Crippen LogP contribution in [0, 0.1) is 0 Å². The zero-order chi connectivity index (χ0) is 21.2. The molecule has 2 heterocycles. The molecule has 1 aromatic heterocycles. The fourth-order valence-corrected chi connectivity index (χ4v) is 4.09. The summed E-state index contributed by atoms with van der Waals surface area (Å²) in [4.78, 5) is 26.4. The molecule has 0 N–H and O–H groups in total. The van der Waals surface area contributed by atoms with E-state index in [1.54, 1.807) is 24.3 Å². The van der Waals surface area contributed by atoms with Gasteiger partial charge in [-0.2, -0.15) is 0 Å². The molecule has 154 valence electrons. The lowest BCUT2D eigenvalue weighted by Crippen LogP contribution is -2.31. The first-order valence-corrected chi connectivity index (χ1v) is 10.4. The van der Waals surface area contributed by atoms with Gasteiger partial charge in [-0.05, 0) is 42.3 Å². The molecule has 5 rings (SSSR count). The highest BCUT2D eigenvalue weighted by molar-refractivity contribution is 6.21. The third kappa shape index (κ3) is 3.59. The summed E-state index contributed by atoms with van der Waals surface area (Å²) in [5, 5.41) is 1.05. The number of rotatable bonds is 7. The van der Waals surface area contributed by atoms with Crippen molar-refractivity contribution in [3.63, 3.8) is 0 Å². The van der Waals surface area contributed by atoms with Crippen LogP contribution in [0.5, 0.6) is 5.75 Å². The average Bonchev–Trinajstić information content (AvgIpc) is 3.33. The summed E-state index contributed by atoms with van der Waals surface area (Å²) in [6.45, 7) is 1.63. The number of imide groups is 1. The van der Waals surface area contributed by atoms with E-state index in [4.69, 9.17) is 4.74 Å². The van der Waals surface area contributed by atoms with E-state index in [1.807, 2.05) is 48.7 Å². The van der Waals surface area contributed by atoms with E-state index in [0.29, 0.717) is 37.2 Å². The van der Waals surface area contributed by atoms with Gasteiger partial charge in [0.15, 0.2) is 0 Å². The molecule has 5 nitrogen and oxygen atoms in total. The van der Waals surface area contributed by atoms with Crippen molar-refractivity contribution in [2.45, 2.75) is 19.6 Å². The van der Waals surface area contributed by atoms with Crippen molar-refractivity contribution in [1.82, 2.24) is 9.47 Å². The Morgan fingerprint density at radius 1 is 0.710 bits per heavy atom. The van der Waals surface area contributed by atoms with Crippen LogP contribution in [0.25, 0.3) is 10.9 Å². The Hall–Kier alpha value is -3.86. The summed E-state index contributed by atoms with van der Waals surface area (Å²) in [5.74, 6) is 0.449. The van der Waals surface area contributed by atoms with Crippen LogP contribution < -0.4 is 4.74 Å². The van der Waals surface area contributed by atoms with Crippen molar-refractivity contribution in [1.29, 1.82) is 0 Å². The minimum Gasteiger partial charge on any atom is -0.488 e. The molecule has 0 saturated carbocycles. The van der Waals surface area contributed by atoms with E-state index in [1.165, 1.54) is 4.90 Å². The predicted molar refractivity (Wildman–Crippen MR) is 119 cm³/mol. The third-order valence-electron chi connectivity index (χ3n) is 5.67. The second-order valence-electron chi connectivity index (χ2n) is 7.63. The van der Waals surface area contributed by atoms with Gasteiger partial charge in [0.25, 0.3) is 11.8 Å². The van der Waals surface area contributed by atoms with Crippen LogP contribution >= 0.6 is 0 Å². The van der Waals surface area contributed by atoms with E-state index < -0.39 is 0 Å². The summed E-state index contributed by atoms with van der Waals surface area (Å²) in [5.41, 5.74) is 3.20. The molecular formula is C26H22N2O3. The van der Waals surface area contributed by atoms with Crippen molar-refractivity contribution in [2.24, 2.45) is 0 Å². The van der Waals surface area contributed by atoms with Crippen LogP contribution in [0.4, 0.5) is 0 Å². The molecule has 0 saturated heterocycles. The van der Waals surface area contributed by atoms with Gasteiger partial charge in [-0.1, -0.05) is 48.5 Å². The summed E-state index contributed by atoms with van der Waals surface area (Å²) in [7, 11) is 0. The molecule has 0 spiro atoms. The molecule has 2 amide bonds. The number of aryl methyl sites for hydroxylation is 1. The molecule has 31 heavy (non-hydrogen) atoms. The maximum Gasteiger partial charge on any atom is 0.261 e. The number of fused-ring (bicyclic) bond motifs is 2. The van der Waals surface area contributed by atoms with Crippen molar-refractivity contribution in [3.05, 3.63) is 102 Å². The first-order valence-electron chi connectivity index (χ1n) is 10.4. The quantitative estimate of drug-likeness (QED) is 0.407. The van der Waals surface area contributed by atoms with Crippen molar-refractivity contribution >= 4 is 22.7 Å². The van der Waals surface area contributed by atoms with Gasteiger partial charge in [0.05, 0.1) is 16.6 Å². The average molecular weight is 410 g/mol. The maximum atomic E-state index is 12.5. The Labute approximate surface area is 180 Å². The molecule has 1 aliphatic heterocycles. The van der Waals surface area contributed by atoms with Crippen LogP contribution in [-0.4, -0.2) is 27.8 Å². The smallest absolute Gasteiger partial charge is 0.261 e. The highest BCUT2D eigenvalue weighted by Gasteiger charge is 2.34. The largest absolute Gasteiger partial charge is 0.488 e. The lowest BCUT2D eigenvalue weighted by molar-refractivity contribution is 0.0651. The SMILES string of the molecule is O=C1c2ccccc2C(=O)N1CCCn1ccc2c(OCc3ccccc3)cccc21. The molecule has 0 fully saturated rings. The van der Waals surface area contributed by atoms with Gasteiger partial charge in [-0.15, -0.1) is 0 Å². The second-order valence-corrected chi connectivity index (χ2v) is 7.63. The standard InChI is InChI=1S/C26H22N2O3/c29-25-20-10-4-5-11-21(20)26(30)28(25)16-7-15-27-17-14-22-23(27)12-6-13-24(22)31-18-19-8-2-1-3-9-19/h1-6,8-14,17H,7,15-16,18H2. The topological polar surface area (TPSA) is 51.5 Å². The number of ether oxygens (including phenoxy) is 1. The monoisotopic (exact) mass is 410 g/mol. The molecule has 0 unspecified atom stereocenters. The fourth-order valence-electron chi connectivity index (χ4n) is 4.09. The summed E-state index contributed by atoms with van der Waals surface area (Å²) in [6, 6.07) is 25.2. The third-order valence-corrected chi connectivity index (χ3v) is 5.67. The number of carbonyl (C=O) groups is 2. The van der Waals surface area contributed by atoms with Crippen LogP contribution in [0.1, 0.15) is 32.7 Å². The second kappa shape index (κ2) is 8.11. The van der Waals surface area contributed by atoms with Crippen LogP contribution in [0.2, 0.25) is 0 Å². The Kier molecular flexibility index (Phi) is 5.00. The summed E-state index contributed by atoms with van der Waals surface area (Å²) < 4.78 is 8.20. The van der Waals surface area contributed by atoms with Crippen LogP contribution in [-0.2, 0) is 13.2 Å². The van der Waals surface area contributed by atoms with E-state index in [9.17, 15) is 9.59 Å². The molecule has 0 atom stereocenters. The van der Waals surface area contributed by atoms with E-state index in [-0.39, 0.29) is 11.8 Å². The lowest BCUT2D eigenvalue weighted by Gasteiger charge is -2.14. The molecule has 0 radical (unpaired) electrons. The fraction of sp³-hybridized carbons (Fsp3) is 0.154. The molecule has 5 heteroatoms.